The first kappa shape index (κ1) is 39.4. The predicted octanol–water partition coefficient (Wildman–Crippen LogP) is 11.6. The molecule has 1 fully saturated rings. The van der Waals surface area contributed by atoms with Crippen molar-refractivity contribution in [2.45, 2.75) is 65.5 Å². The molecular formula is C40H36Cl2N2O5S3. The van der Waals surface area contributed by atoms with E-state index in [4.69, 9.17) is 32.9 Å². The van der Waals surface area contributed by atoms with Crippen molar-refractivity contribution in [3.8, 4) is 0 Å². The molecule has 0 unspecified atom stereocenters. The molecule has 4 aromatic rings. The third-order valence-corrected chi connectivity index (χ3v) is 11.4. The quantitative estimate of drug-likeness (QED) is 0.0261. The van der Waals surface area contributed by atoms with E-state index in [1.165, 1.54) is 24.3 Å². The second-order valence-corrected chi connectivity index (χ2v) is 16.0. The van der Waals surface area contributed by atoms with Crippen molar-refractivity contribution in [2.75, 3.05) is 11.5 Å². The van der Waals surface area contributed by atoms with E-state index in [-0.39, 0.29) is 17.3 Å². The van der Waals surface area contributed by atoms with Gasteiger partial charge in [-0.25, -0.2) is 4.79 Å². The highest BCUT2D eigenvalue weighted by Crippen LogP contribution is 2.31. The van der Waals surface area contributed by atoms with Crippen molar-refractivity contribution in [3.63, 3.8) is 0 Å². The van der Waals surface area contributed by atoms with Crippen LogP contribution in [0.4, 0.5) is 0 Å². The van der Waals surface area contributed by atoms with Crippen LogP contribution in [0.5, 0.6) is 0 Å². The number of halogens is 2. The lowest BCUT2D eigenvalue weighted by molar-refractivity contribution is -0.140. The molecule has 0 aliphatic heterocycles. The van der Waals surface area contributed by atoms with Crippen LogP contribution in [0.25, 0.3) is 0 Å². The maximum Gasteiger partial charge on any atom is 0.331 e. The Labute approximate surface area is 326 Å². The first-order chi connectivity index (χ1) is 25.1. The number of carbonyl (C=O) groups is 3. The summed E-state index contributed by atoms with van der Waals surface area (Å²) >= 11 is 16.7. The van der Waals surface area contributed by atoms with Crippen LogP contribution >= 0.6 is 58.5 Å². The average Bonchev–Trinajstić information content (AvgIpc) is 3.12. The lowest BCUT2D eigenvalue weighted by Gasteiger charge is -2.18. The summed E-state index contributed by atoms with van der Waals surface area (Å²) in [5.41, 5.74) is 2.71. The second-order valence-electron chi connectivity index (χ2n) is 11.7. The number of ketones is 2. The van der Waals surface area contributed by atoms with Crippen LogP contribution in [0, 0.1) is 0 Å². The van der Waals surface area contributed by atoms with Crippen molar-refractivity contribution in [1.29, 1.82) is 0 Å². The van der Waals surface area contributed by atoms with Crippen molar-refractivity contribution < 1.29 is 24.1 Å². The molecule has 52 heavy (non-hydrogen) atoms. The van der Waals surface area contributed by atoms with Crippen LogP contribution in [0.2, 0.25) is 10.0 Å². The zero-order valence-electron chi connectivity index (χ0n) is 28.6. The third-order valence-electron chi connectivity index (χ3n) is 7.87. The zero-order chi connectivity index (χ0) is 36.9. The highest BCUT2D eigenvalue weighted by Gasteiger charge is 2.19. The van der Waals surface area contributed by atoms with Crippen molar-refractivity contribution in [1.82, 2.24) is 0 Å². The lowest BCUT2D eigenvalue weighted by Crippen LogP contribution is -2.16. The van der Waals surface area contributed by atoms with Gasteiger partial charge in [-0.1, -0.05) is 45.3 Å². The fraction of sp³-hybridized carbons (Fsp3) is 0.225. The van der Waals surface area contributed by atoms with Gasteiger partial charge in [-0.05, 0) is 129 Å². The van der Waals surface area contributed by atoms with Crippen molar-refractivity contribution in [3.05, 3.63) is 130 Å². The van der Waals surface area contributed by atoms with Crippen LogP contribution in [0.15, 0.2) is 138 Å². The number of carbonyl (C=O) groups excluding carboxylic acids is 3. The molecule has 0 radical (unpaired) electrons. The first-order valence-electron chi connectivity index (χ1n) is 16.6. The van der Waals surface area contributed by atoms with Gasteiger partial charge in [-0.15, -0.1) is 23.5 Å². The number of benzene rings is 4. The van der Waals surface area contributed by atoms with E-state index in [1.54, 1.807) is 59.9 Å². The minimum Gasteiger partial charge on any atom is -0.361 e. The molecule has 5 rings (SSSR count). The second kappa shape index (κ2) is 19.9. The number of nitrogens with zero attached hydrogens (tertiary/aromatic N) is 2. The Morgan fingerprint density at radius 1 is 0.596 bits per heavy atom. The van der Waals surface area contributed by atoms with E-state index in [1.807, 2.05) is 67.6 Å². The van der Waals surface area contributed by atoms with Gasteiger partial charge in [0.25, 0.3) is 0 Å². The van der Waals surface area contributed by atoms with E-state index in [2.05, 4.69) is 10.3 Å². The predicted molar refractivity (Wildman–Crippen MR) is 214 cm³/mol. The molecule has 0 saturated heterocycles. The summed E-state index contributed by atoms with van der Waals surface area (Å²) in [5, 5.41) is 9.52. The van der Waals surface area contributed by atoms with Crippen molar-refractivity contribution >= 4 is 87.4 Å². The van der Waals surface area contributed by atoms with Gasteiger partial charge >= 0.3 is 5.97 Å². The highest BCUT2D eigenvalue weighted by molar-refractivity contribution is 7.99. The number of thioether (sulfide) groups is 2. The summed E-state index contributed by atoms with van der Waals surface area (Å²) in [6.45, 7) is 3.14. The van der Waals surface area contributed by atoms with E-state index in [0.717, 1.165) is 44.6 Å². The Bertz CT molecular complexity index is 1960. The fourth-order valence-corrected chi connectivity index (χ4v) is 7.61. The van der Waals surface area contributed by atoms with E-state index >= 15 is 0 Å². The summed E-state index contributed by atoms with van der Waals surface area (Å²) in [6, 6.07) is 29.5. The molecule has 1 saturated carbocycles. The smallest absolute Gasteiger partial charge is 0.331 e. The van der Waals surface area contributed by atoms with E-state index in [9.17, 15) is 14.4 Å². The molecule has 0 bridgehead atoms. The van der Waals surface area contributed by atoms with E-state index in [0.29, 0.717) is 51.2 Å². The molecule has 0 amide bonds. The van der Waals surface area contributed by atoms with Gasteiger partial charge in [-0.3, -0.25) is 9.59 Å². The molecule has 12 heteroatoms. The summed E-state index contributed by atoms with van der Waals surface area (Å²) in [4.78, 5) is 52.9. The molecule has 4 aromatic carbocycles. The maximum atomic E-state index is 13.6. The van der Waals surface area contributed by atoms with E-state index < -0.39 is 5.97 Å². The summed E-state index contributed by atoms with van der Waals surface area (Å²) in [5.74, 6) is 0.876. The van der Waals surface area contributed by atoms with Crippen LogP contribution in [0.3, 0.4) is 0 Å². The standard InChI is InChI=1S/C40H36Cl2N2O5S3/c1-26(28-4-3-5-28)48-43-37(22-24-50-33-18-10-31(41)11-19-33)39(46)29-6-14-35(15-7-29)52-36-16-8-30(9-17-36)40(47)38(44-49-27(2)45)23-25-51-34-20-12-32(42)13-21-34/h6-21H,3-5,22-25H2,1-2H3/b43-37+,44-38+. The number of rotatable bonds is 17. The average molecular weight is 792 g/mol. The lowest BCUT2D eigenvalue weighted by atomic mass is 9.92. The molecule has 0 aromatic heterocycles. The van der Waals surface area contributed by atoms with Gasteiger partial charge in [-0.2, -0.15) is 0 Å². The van der Waals surface area contributed by atoms with Gasteiger partial charge in [0.2, 0.25) is 11.6 Å². The van der Waals surface area contributed by atoms with Gasteiger partial charge in [0.05, 0.1) is 0 Å². The highest BCUT2D eigenvalue weighted by atomic mass is 35.5. The fourth-order valence-electron chi connectivity index (χ4n) is 4.83. The molecule has 1 aliphatic carbocycles. The summed E-state index contributed by atoms with van der Waals surface area (Å²) in [7, 11) is 0. The van der Waals surface area contributed by atoms with Gasteiger partial charge in [0.15, 0.2) is 0 Å². The molecule has 1 aliphatic rings. The maximum absolute atomic E-state index is 13.6. The number of hydrogen-bond acceptors (Lipinski definition) is 10. The summed E-state index contributed by atoms with van der Waals surface area (Å²) < 4.78 is 0. The van der Waals surface area contributed by atoms with Gasteiger partial charge < -0.3 is 9.68 Å². The molecule has 0 atom stereocenters. The number of hydrogen-bond donors (Lipinski definition) is 0. The zero-order valence-corrected chi connectivity index (χ0v) is 32.6. The SMILES string of the molecule is CC(=O)O/N=C(\CCSc1ccc(Cl)cc1)C(=O)c1ccc(Sc2ccc(C(=O)/C(CCSc3ccc(Cl)cc3)=N/OC(C)=C3CCC3)cc2)cc1. The molecule has 268 valence electrons. The normalized spacial score (nSPS) is 13.0. The van der Waals surface area contributed by atoms with Gasteiger partial charge in [0.1, 0.15) is 17.2 Å². The van der Waals surface area contributed by atoms with Crippen LogP contribution in [-0.4, -0.2) is 40.5 Å². The topological polar surface area (TPSA) is 94.4 Å². The van der Waals surface area contributed by atoms with Crippen LogP contribution in [0.1, 0.15) is 66.7 Å². The Balaban J connectivity index is 1.20. The Hall–Kier alpha value is -3.80. The minimum absolute atomic E-state index is 0.157. The molecule has 0 N–H and O–H groups in total. The van der Waals surface area contributed by atoms with Crippen molar-refractivity contribution in [2.24, 2.45) is 10.3 Å². The third kappa shape index (κ3) is 12.1. The number of oxime groups is 2. The minimum atomic E-state index is -0.600. The molecule has 0 spiro atoms. The van der Waals surface area contributed by atoms with Gasteiger partial charge in [0, 0.05) is 72.0 Å². The molecule has 0 heterocycles. The number of allylic oxidation sites excluding steroid dienone is 2. The number of Topliss-reactive ketones (excluding diaryl/α,β-unsaturated/α-hetero) is 2. The first-order valence-corrected chi connectivity index (χ1v) is 20.1. The van der Waals surface area contributed by atoms with Crippen LogP contribution < -0.4 is 0 Å². The summed E-state index contributed by atoms with van der Waals surface area (Å²) in [6.07, 6.45) is 3.90. The monoisotopic (exact) mass is 790 g/mol. The molecule has 7 nitrogen and oxygen atoms in total. The van der Waals surface area contributed by atoms with Crippen LogP contribution in [-0.2, 0) is 14.5 Å². The largest absolute Gasteiger partial charge is 0.361 e. The Kier molecular flexibility index (Phi) is 15.1. The Morgan fingerprint density at radius 2 is 1.00 bits per heavy atom. The Morgan fingerprint density at radius 3 is 1.38 bits per heavy atom. The molecular weight excluding hydrogens is 756 g/mol.